The van der Waals surface area contributed by atoms with Crippen molar-refractivity contribution >= 4 is 23.3 Å². The second-order valence-electron chi connectivity index (χ2n) is 3.53. The number of furan rings is 1. The zero-order chi connectivity index (χ0) is 13.0. The maximum Gasteiger partial charge on any atom is 0.316 e. The van der Waals surface area contributed by atoms with Gasteiger partial charge in [-0.05, 0) is 30.3 Å². The SMILES string of the molecule is NC(=O)Nc1ccc(NC(=O)c2ccoc2)cc1. The highest BCUT2D eigenvalue weighted by molar-refractivity contribution is 6.04. The van der Waals surface area contributed by atoms with Crippen molar-refractivity contribution in [2.75, 3.05) is 10.6 Å². The van der Waals surface area contributed by atoms with Crippen LogP contribution in [-0.4, -0.2) is 11.9 Å². The van der Waals surface area contributed by atoms with E-state index in [1.807, 2.05) is 0 Å². The molecule has 0 fully saturated rings. The molecule has 0 atom stereocenters. The highest BCUT2D eigenvalue weighted by Gasteiger charge is 2.06. The van der Waals surface area contributed by atoms with E-state index < -0.39 is 6.03 Å². The van der Waals surface area contributed by atoms with Crippen molar-refractivity contribution in [3.05, 3.63) is 48.4 Å². The quantitative estimate of drug-likeness (QED) is 0.771. The molecule has 0 aliphatic heterocycles. The predicted octanol–water partition coefficient (Wildman–Crippen LogP) is 2.02. The van der Waals surface area contributed by atoms with Gasteiger partial charge in [0.1, 0.15) is 6.26 Å². The van der Waals surface area contributed by atoms with Crippen molar-refractivity contribution in [3.63, 3.8) is 0 Å². The van der Waals surface area contributed by atoms with Gasteiger partial charge in [0.15, 0.2) is 0 Å². The van der Waals surface area contributed by atoms with E-state index in [1.165, 1.54) is 12.5 Å². The summed E-state index contributed by atoms with van der Waals surface area (Å²) < 4.78 is 4.81. The standard InChI is InChI=1S/C12H11N3O3/c13-12(17)15-10-3-1-9(2-4-10)14-11(16)8-5-6-18-7-8/h1-7H,(H,14,16)(H3,13,15,17). The summed E-state index contributed by atoms with van der Waals surface area (Å²) >= 11 is 0. The number of carbonyl (C=O) groups excluding carboxylic acids is 2. The van der Waals surface area contributed by atoms with Gasteiger partial charge in [-0.25, -0.2) is 4.79 Å². The number of nitrogens with one attached hydrogen (secondary N) is 2. The molecule has 2 aromatic rings. The average Bonchev–Trinajstić information content (AvgIpc) is 2.84. The van der Waals surface area contributed by atoms with E-state index in [0.717, 1.165) is 0 Å². The Kier molecular flexibility index (Phi) is 3.29. The first kappa shape index (κ1) is 11.7. The van der Waals surface area contributed by atoms with Gasteiger partial charge in [-0.3, -0.25) is 4.79 Å². The molecule has 4 N–H and O–H groups in total. The lowest BCUT2D eigenvalue weighted by Gasteiger charge is -2.05. The van der Waals surface area contributed by atoms with Gasteiger partial charge in [-0.15, -0.1) is 0 Å². The minimum Gasteiger partial charge on any atom is -0.472 e. The van der Waals surface area contributed by atoms with E-state index in [0.29, 0.717) is 16.9 Å². The number of nitrogens with two attached hydrogens (primary N) is 1. The van der Waals surface area contributed by atoms with Crippen LogP contribution in [0, 0.1) is 0 Å². The Hall–Kier alpha value is -2.76. The normalized spacial score (nSPS) is 9.78. The molecule has 0 saturated carbocycles. The van der Waals surface area contributed by atoms with E-state index in [4.69, 9.17) is 10.2 Å². The zero-order valence-electron chi connectivity index (χ0n) is 9.34. The van der Waals surface area contributed by atoms with E-state index >= 15 is 0 Å². The maximum absolute atomic E-state index is 11.7. The van der Waals surface area contributed by atoms with Crippen LogP contribution in [0.15, 0.2) is 47.3 Å². The maximum atomic E-state index is 11.7. The predicted molar refractivity (Wildman–Crippen MR) is 66.3 cm³/mol. The molecule has 0 aliphatic rings. The van der Waals surface area contributed by atoms with Gasteiger partial charge in [0.25, 0.3) is 5.91 Å². The first-order chi connectivity index (χ1) is 8.65. The number of benzene rings is 1. The van der Waals surface area contributed by atoms with E-state index in [1.54, 1.807) is 30.3 Å². The van der Waals surface area contributed by atoms with Crippen molar-refractivity contribution in [2.45, 2.75) is 0 Å². The van der Waals surface area contributed by atoms with Crippen molar-refractivity contribution in [1.82, 2.24) is 0 Å². The van der Waals surface area contributed by atoms with E-state index in [-0.39, 0.29) is 5.91 Å². The van der Waals surface area contributed by atoms with E-state index in [2.05, 4.69) is 10.6 Å². The number of hydrogen-bond acceptors (Lipinski definition) is 3. The van der Waals surface area contributed by atoms with Crippen LogP contribution in [0.1, 0.15) is 10.4 Å². The largest absolute Gasteiger partial charge is 0.472 e. The summed E-state index contributed by atoms with van der Waals surface area (Å²) in [5, 5.41) is 5.11. The van der Waals surface area contributed by atoms with Crippen LogP contribution in [0.2, 0.25) is 0 Å². The van der Waals surface area contributed by atoms with Crippen molar-refractivity contribution in [3.8, 4) is 0 Å². The Balaban J connectivity index is 2.02. The molecule has 0 spiro atoms. The summed E-state index contributed by atoms with van der Waals surface area (Å²) in [4.78, 5) is 22.3. The minimum absolute atomic E-state index is 0.264. The number of carbonyl (C=O) groups is 2. The molecule has 2 rings (SSSR count). The zero-order valence-corrected chi connectivity index (χ0v) is 9.34. The van der Waals surface area contributed by atoms with Crippen molar-refractivity contribution < 1.29 is 14.0 Å². The number of amides is 3. The third-order valence-electron chi connectivity index (χ3n) is 2.19. The van der Waals surface area contributed by atoms with Gasteiger partial charge in [0, 0.05) is 11.4 Å². The number of rotatable bonds is 3. The lowest BCUT2D eigenvalue weighted by atomic mass is 10.2. The molecule has 0 aliphatic carbocycles. The fourth-order valence-corrected chi connectivity index (χ4v) is 1.38. The van der Waals surface area contributed by atoms with Crippen LogP contribution in [0.5, 0.6) is 0 Å². The third-order valence-corrected chi connectivity index (χ3v) is 2.19. The Bertz CT molecular complexity index is 546. The number of hydrogen-bond donors (Lipinski definition) is 3. The summed E-state index contributed by atoms with van der Waals surface area (Å²) in [5.74, 6) is -0.264. The van der Waals surface area contributed by atoms with E-state index in [9.17, 15) is 9.59 Å². The van der Waals surface area contributed by atoms with Gasteiger partial charge in [0.05, 0.1) is 11.8 Å². The fourth-order valence-electron chi connectivity index (χ4n) is 1.38. The molecule has 0 unspecified atom stereocenters. The van der Waals surface area contributed by atoms with Crippen LogP contribution < -0.4 is 16.4 Å². The highest BCUT2D eigenvalue weighted by Crippen LogP contribution is 2.14. The molecule has 0 radical (unpaired) electrons. The summed E-state index contributed by atoms with van der Waals surface area (Å²) in [5.41, 5.74) is 6.58. The molecule has 0 bridgehead atoms. The highest BCUT2D eigenvalue weighted by atomic mass is 16.3. The van der Waals surface area contributed by atoms with Crippen molar-refractivity contribution in [1.29, 1.82) is 0 Å². The number of anilines is 2. The summed E-state index contributed by atoms with van der Waals surface area (Å²) in [6.07, 6.45) is 2.78. The molecule has 92 valence electrons. The summed E-state index contributed by atoms with van der Waals surface area (Å²) in [6, 6.07) is 7.52. The van der Waals surface area contributed by atoms with Crippen molar-refractivity contribution in [2.24, 2.45) is 5.73 Å². The van der Waals surface area contributed by atoms with Crippen LogP contribution in [0.25, 0.3) is 0 Å². The first-order valence-electron chi connectivity index (χ1n) is 5.15. The van der Waals surface area contributed by atoms with Gasteiger partial charge >= 0.3 is 6.03 Å². The third kappa shape index (κ3) is 2.88. The molecule has 1 aromatic carbocycles. The molecule has 6 heteroatoms. The molecule has 3 amide bonds. The van der Waals surface area contributed by atoms with Gasteiger partial charge in [-0.2, -0.15) is 0 Å². The topological polar surface area (TPSA) is 97.4 Å². The first-order valence-corrected chi connectivity index (χ1v) is 5.15. The van der Waals surface area contributed by atoms with Gasteiger partial charge in [0.2, 0.25) is 0 Å². The summed E-state index contributed by atoms with van der Waals surface area (Å²) in [6.45, 7) is 0. The fraction of sp³-hybridized carbons (Fsp3) is 0. The van der Waals surface area contributed by atoms with Gasteiger partial charge < -0.3 is 20.8 Å². The molecule has 18 heavy (non-hydrogen) atoms. The minimum atomic E-state index is -0.634. The second kappa shape index (κ2) is 5.05. The molecule has 0 saturated heterocycles. The molecule has 6 nitrogen and oxygen atoms in total. The lowest BCUT2D eigenvalue weighted by Crippen LogP contribution is -2.19. The van der Waals surface area contributed by atoms with Crippen LogP contribution in [-0.2, 0) is 0 Å². The average molecular weight is 245 g/mol. The number of primary amides is 1. The molecule has 1 aromatic heterocycles. The van der Waals surface area contributed by atoms with Gasteiger partial charge in [-0.1, -0.05) is 0 Å². The Morgan fingerprint density at radius 1 is 1.00 bits per heavy atom. The Morgan fingerprint density at radius 3 is 2.11 bits per heavy atom. The molecule has 1 heterocycles. The van der Waals surface area contributed by atoms with Crippen LogP contribution in [0.3, 0.4) is 0 Å². The lowest BCUT2D eigenvalue weighted by molar-refractivity contribution is 0.102. The molecular weight excluding hydrogens is 234 g/mol. The number of urea groups is 1. The second-order valence-corrected chi connectivity index (χ2v) is 3.53. The van der Waals surface area contributed by atoms with Crippen LogP contribution >= 0.6 is 0 Å². The Labute approximate surface area is 103 Å². The Morgan fingerprint density at radius 2 is 1.61 bits per heavy atom. The van der Waals surface area contributed by atoms with Crippen LogP contribution in [0.4, 0.5) is 16.2 Å². The molecular formula is C12H11N3O3. The monoisotopic (exact) mass is 245 g/mol. The summed E-state index contributed by atoms with van der Waals surface area (Å²) in [7, 11) is 0. The smallest absolute Gasteiger partial charge is 0.316 e.